The fourth-order valence-electron chi connectivity index (χ4n) is 1.68. The van der Waals surface area contributed by atoms with E-state index in [2.05, 4.69) is 5.32 Å². The number of benzene rings is 1. The number of para-hydroxylation sites is 2. The first-order valence-corrected chi connectivity index (χ1v) is 7.67. The molecule has 106 valence electrons. The lowest BCUT2D eigenvalue weighted by Gasteiger charge is -2.19. The van der Waals surface area contributed by atoms with E-state index in [0.29, 0.717) is 6.61 Å². The number of nitrogens with one attached hydrogen (secondary N) is 1. The van der Waals surface area contributed by atoms with Crippen molar-refractivity contribution < 1.29 is 14.3 Å². The molecule has 1 N–H and O–H groups in total. The molecule has 1 unspecified atom stereocenters. The van der Waals surface area contributed by atoms with Crippen LogP contribution >= 0.6 is 11.8 Å². The third kappa shape index (κ3) is 5.03. The quantitative estimate of drug-likeness (QED) is 0.743. The highest BCUT2D eigenvalue weighted by molar-refractivity contribution is 7.98. The normalized spacial score (nSPS) is 11.7. The molecule has 0 aromatic heterocycles. The second kappa shape index (κ2) is 8.69. The number of thioether (sulfide) groups is 1. The van der Waals surface area contributed by atoms with E-state index in [9.17, 15) is 4.79 Å². The average molecular weight is 283 g/mol. The molecule has 0 radical (unpaired) electrons. The van der Waals surface area contributed by atoms with Gasteiger partial charge >= 0.3 is 5.97 Å². The van der Waals surface area contributed by atoms with E-state index in [0.717, 1.165) is 23.6 Å². The van der Waals surface area contributed by atoms with Crippen LogP contribution in [-0.4, -0.2) is 37.7 Å². The second-order valence-corrected chi connectivity index (χ2v) is 4.92. The molecule has 0 aliphatic heterocycles. The maximum absolute atomic E-state index is 11.9. The number of rotatable bonds is 8. The Morgan fingerprint density at radius 1 is 1.42 bits per heavy atom. The number of hydrogen-bond donors (Lipinski definition) is 1. The molecule has 19 heavy (non-hydrogen) atoms. The number of esters is 1. The van der Waals surface area contributed by atoms with E-state index < -0.39 is 0 Å². The fraction of sp³-hybridized carbons (Fsp3) is 0.500. The molecule has 1 atom stereocenters. The standard InChI is InChI=1S/C14H21NO3S/c1-4-18-14(16)12(9-10-19-3)15-11-7-5-6-8-13(11)17-2/h5-8,12,15H,4,9-10H2,1-3H3. The first-order chi connectivity index (χ1) is 9.22. The van der Waals surface area contributed by atoms with Crippen molar-refractivity contribution >= 4 is 23.4 Å². The molecular weight excluding hydrogens is 262 g/mol. The van der Waals surface area contributed by atoms with Crippen LogP contribution < -0.4 is 10.1 Å². The van der Waals surface area contributed by atoms with Gasteiger partial charge in [0.25, 0.3) is 0 Å². The molecular formula is C14H21NO3S. The Morgan fingerprint density at radius 3 is 2.79 bits per heavy atom. The summed E-state index contributed by atoms with van der Waals surface area (Å²) in [6.07, 6.45) is 2.74. The van der Waals surface area contributed by atoms with Crippen LogP contribution in [0.25, 0.3) is 0 Å². The maximum Gasteiger partial charge on any atom is 0.328 e. The minimum atomic E-state index is -0.344. The van der Waals surface area contributed by atoms with Crippen LogP contribution in [-0.2, 0) is 9.53 Å². The van der Waals surface area contributed by atoms with Crippen LogP contribution in [0.15, 0.2) is 24.3 Å². The highest BCUT2D eigenvalue weighted by atomic mass is 32.2. The Kier molecular flexibility index (Phi) is 7.18. The predicted octanol–water partition coefficient (Wildman–Crippen LogP) is 2.79. The monoisotopic (exact) mass is 283 g/mol. The number of methoxy groups -OCH3 is 1. The summed E-state index contributed by atoms with van der Waals surface area (Å²) in [6.45, 7) is 2.20. The molecule has 4 nitrogen and oxygen atoms in total. The van der Waals surface area contributed by atoms with Gasteiger partial charge < -0.3 is 14.8 Å². The van der Waals surface area contributed by atoms with Gasteiger partial charge in [-0.25, -0.2) is 4.79 Å². The molecule has 1 rings (SSSR count). The summed E-state index contributed by atoms with van der Waals surface area (Å²) < 4.78 is 10.4. The Balaban J connectivity index is 2.77. The largest absolute Gasteiger partial charge is 0.495 e. The maximum atomic E-state index is 11.9. The highest BCUT2D eigenvalue weighted by Crippen LogP contribution is 2.24. The zero-order valence-electron chi connectivity index (χ0n) is 11.6. The van der Waals surface area contributed by atoms with E-state index in [4.69, 9.17) is 9.47 Å². The first kappa shape index (κ1) is 15.7. The van der Waals surface area contributed by atoms with Gasteiger partial charge in [-0.05, 0) is 37.5 Å². The Labute approximate surface area is 118 Å². The number of ether oxygens (including phenoxy) is 2. The topological polar surface area (TPSA) is 47.6 Å². The van der Waals surface area contributed by atoms with E-state index >= 15 is 0 Å². The smallest absolute Gasteiger partial charge is 0.328 e. The number of anilines is 1. The van der Waals surface area contributed by atoms with Crippen molar-refractivity contribution in [1.29, 1.82) is 0 Å². The van der Waals surface area contributed by atoms with Gasteiger partial charge in [-0.1, -0.05) is 12.1 Å². The highest BCUT2D eigenvalue weighted by Gasteiger charge is 2.20. The van der Waals surface area contributed by atoms with Crippen molar-refractivity contribution in [2.75, 3.05) is 31.0 Å². The molecule has 1 aromatic rings. The zero-order chi connectivity index (χ0) is 14.1. The lowest BCUT2D eigenvalue weighted by Crippen LogP contribution is -2.32. The van der Waals surface area contributed by atoms with E-state index in [1.165, 1.54) is 0 Å². The van der Waals surface area contributed by atoms with Crippen LogP contribution in [0.5, 0.6) is 5.75 Å². The first-order valence-electron chi connectivity index (χ1n) is 6.28. The van der Waals surface area contributed by atoms with Crippen LogP contribution in [0.2, 0.25) is 0 Å². The number of hydrogen-bond acceptors (Lipinski definition) is 5. The summed E-state index contributed by atoms with van der Waals surface area (Å²) in [6, 6.07) is 7.21. The van der Waals surface area contributed by atoms with E-state index in [-0.39, 0.29) is 12.0 Å². The predicted molar refractivity (Wildman–Crippen MR) is 80.0 cm³/mol. The average Bonchev–Trinajstić information content (AvgIpc) is 2.44. The van der Waals surface area contributed by atoms with Gasteiger partial charge in [-0.15, -0.1) is 0 Å². The van der Waals surface area contributed by atoms with Crippen molar-refractivity contribution in [2.45, 2.75) is 19.4 Å². The Bertz CT molecular complexity index is 398. The lowest BCUT2D eigenvalue weighted by atomic mass is 10.2. The van der Waals surface area contributed by atoms with E-state index in [1.54, 1.807) is 18.9 Å². The minimum Gasteiger partial charge on any atom is -0.495 e. The van der Waals surface area contributed by atoms with Crippen molar-refractivity contribution in [3.63, 3.8) is 0 Å². The van der Waals surface area contributed by atoms with Gasteiger partial charge in [0.1, 0.15) is 11.8 Å². The summed E-state index contributed by atoms with van der Waals surface area (Å²) in [5, 5.41) is 3.21. The third-order valence-corrected chi connectivity index (χ3v) is 3.26. The molecule has 5 heteroatoms. The Morgan fingerprint density at radius 2 is 2.16 bits per heavy atom. The molecule has 0 saturated heterocycles. The summed E-state index contributed by atoms with van der Waals surface area (Å²) in [5.41, 5.74) is 0.809. The van der Waals surface area contributed by atoms with Gasteiger partial charge in [0.05, 0.1) is 19.4 Å². The van der Waals surface area contributed by atoms with Crippen molar-refractivity contribution in [3.05, 3.63) is 24.3 Å². The van der Waals surface area contributed by atoms with Crippen molar-refractivity contribution in [2.24, 2.45) is 0 Å². The van der Waals surface area contributed by atoms with E-state index in [1.807, 2.05) is 37.4 Å². The van der Waals surface area contributed by atoms with Gasteiger partial charge in [-0.3, -0.25) is 0 Å². The van der Waals surface area contributed by atoms with Crippen molar-refractivity contribution in [1.82, 2.24) is 0 Å². The molecule has 0 heterocycles. The number of carbonyl (C=O) groups is 1. The van der Waals surface area contributed by atoms with Gasteiger partial charge in [0.15, 0.2) is 0 Å². The van der Waals surface area contributed by atoms with Crippen LogP contribution in [0, 0.1) is 0 Å². The summed E-state index contributed by atoms with van der Waals surface area (Å²) in [7, 11) is 1.61. The fourth-order valence-corrected chi connectivity index (χ4v) is 2.15. The zero-order valence-corrected chi connectivity index (χ0v) is 12.5. The third-order valence-electron chi connectivity index (χ3n) is 2.62. The van der Waals surface area contributed by atoms with Crippen LogP contribution in [0.1, 0.15) is 13.3 Å². The summed E-state index contributed by atoms with van der Waals surface area (Å²) in [5.74, 6) is 1.40. The molecule has 0 aliphatic carbocycles. The molecule has 0 aliphatic rings. The van der Waals surface area contributed by atoms with Crippen LogP contribution in [0.4, 0.5) is 5.69 Å². The summed E-state index contributed by atoms with van der Waals surface area (Å²) >= 11 is 1.71. The van der Waals surface area contributed by atoms with Gasteiger partial charge in [0, 0.05) is 0 Å². The van der Waals surface area contributed by atoms with Gasteiger partial charge in [0.2, 0.25) is 0 Å². The molecule has 0 amide bonds. The molecule has 0 fully saturated rings. The number of carbonyl (C=O) groups excluding carboxylic acids is 1. The Hall–Kier alpha value is -1.36. The van der Waals surface area contributed by atoms with Gasteiger partial charge in [-0.2, -0.15) is 11.8 Å². The summed E-state index contributed by atoms with van der Waals surface area (Å²) in [4.78, 5) is 11.9. The molecule has 0 bridgehead atoms. The molecule has 0 spiro atoms. The van der Waals surface area contributed by atoms with Crippen LogP contribution in [0.3, 0.4) is 0 Å². The lowest BCUT2D eigenvalue weighted by molar-refractivity contribution is -0.144. The molecule has 0 saturated carbocycles. The second-order valence-electron chi connectivity index (χ2n) is 3.93. The minimum absolute atomic E-state index is 0.220. The van der Waals surface area contributed by atoms with Crippen molar-refractivity contribution in [3.8, 4) is 5.75 Å². The molecule has 1 aromatic carbocycles. The SMILES string of the molecule is CCOC(=O)C(CCSC)Nc1ccccc1OC.